The number of carbonyl (C=O) groups excluding carboxylic acids is 2. The van der Waals surface area contributed by atoms with Crippen LogP contribution in [0.2, 0.25) is 0 Å². The lowest BCUT2D eigenvalue weighted by Crippen LogP contribution is -2.47. The molecule has 0 radical (unpaired) electrons. The molecule has 0 atom stereocenters. The van der Waals surface area contributed by atoms with Gasteiger partial charge in [0.25, 0.3) is 0 Å². The van der Waals surface area contributed by atoms with E-state index in [2.05, 4.69) is 0 Å². The van der Waals surface area contributed by atoms with Gasteiger partial charge in [0.15, 0.2) is 0 Å². The van der Waals surface area contributed by atoms with Crippen LogP contribution in [0, 0.1) is 11.7 Å². The van der Waals surface area contributed by atoms with Gasteiger partial charge in [-0.2, -0.15) is 0 Å². The highest BCUT2D eigenvalue weighted by molar-refractivity contribution is 5.79. The number of halogens is 1. The van der Waals surface area contributed by atoms with Crippen LogP contribution in [0.25, 0.3) is 0 Å². The number of rotatable bonds is 4. The summed E-state index contributed by atoms with van der Waals surface area (Å²) in [5.74, 6) is -0.425. The predicted molar refractivity (Wildman–Crippen MR) is 103 cm³/mol. The minimum absolute atomic E-state index is 0.0251. The molecule has 0 N–H and O–H groups in total. The van der Waals surface area contributed by atoms with Gasteiger partial charge in [-0.05, 0) is 53.5 Å². The van der Waals surface area contributed by atoms with Gasteiger partial charge in [0, 0.05) is 37.2 Å². The van der Waals surface area contributed by atoms with Gasteiger partial charge in [-0.25, -0.2) is 9.18 Å². The van der Waals surface area contributed by atoms with Crippen molar-refractivity contribution >= 4 is 12.0 Å². The standard InChI is InChI=1S/C21H31FN2O3/c1-15(2)24(14-17-8-6-7-9-18(17)22)19(25)16-10-12-23(13-11-16)20(26)27-21(3,4)5/h6-9,15-16H,10-14H2,1-5H3. The molecular weight excluding hydrogens is 347 g/mol. The molecule has 1 saturated heterocycles. The summed E-state index contributed by atoms with van der Waals surface area (Å²) in [4.78, 5) is 28.6. The van der Waals surface area contributed by atoms with E-state index in [1.54, 1.807) is 28.0 Å². The summed E-state index contributed by atoms with van der Waals surface area (Å²) in [6.45, 7) is 10.6. The molecule has 2 amide bonds. The topological polar surface area (TPSA) is 49.9 Å². The number of amides is 2. The maximum Gasteiger partial charge on any atom is 0.410 e. The van der Waals surface area contributed by atoms with Gasteiger partial charge in [0.1, 0.15) is 11.4 Å². The van der Waals surface area contributed by atoms with Crippen LogP contribution in [0.5, 0.6) is 0 Å². The third-order valence-corrected chi connectivity index (χ3v) is 4.70. The van der Waals surface area contributed by atoms with Crippen LogP contribution in [0.4, 0.5) is 9.18 Å². The van der Waals surface area contributed by atoms with Crippen molar-refractivity contribution in [3.63, 3.8) is 0 Å². The first-order valence-corrected chi connectivity index (χ1v) is 9.60. The van der Waals surface area contributed by atoms with Crippen molar-refractivity contribution < 1.29 is 18.7 Å². The molecule has 0 bridgehead atoms. The molecular formula is C21H31FN2O3. The van der Waals surface area contributed by atoms with Gasteiger partial charge in [0.2, 0.25) is 5.91 Å². The number of carbonyl (C=O) groups is 2. The van der Waals surface area contributed by atoms with Crippen LogP contribution in [-0.4, -0.2) is 46.5 Å². The molecule has 6 heteroatoms. The van der Waals surface area contributed by atoms with Crippen LogP contribution >= 0.6 is 0 Å². The fourth-order valence-corrected chi connectivity index (χ4v) is 3.20. The molecule has 0 aromatic heterocycles. The molecule has 1 aromatic carbocycles. The van der Waals surface area contributed by atoms with Crippen molar-refractivity contribution in [1.82, 2.24) is 9.80 Å². The summed E-state index contributed by atoms with van der Waals surface area (Å²) in [6.07, 6.45) is 0.859. The highest BCUT2D eigenvalue weighted by atomic mass is 19.1. The average Bonchev–Trinajstić information content (AvgIpc) is 2.59. The van der Waals surface area contributed by atoms with E-state index in [1.165, 1.54) is 6.07 Å². The Morgan fingerprint density at radius 1 is 1.22 bits per heavy atom. The molecule has 0 saturated carbocycles. The third-order valence-electron chi connectivity index (χ3n) is 4.70. The number of likely N-dealkylation sites (tertiary alicyclic amines) is 1. The fourth-order valence-electron chi connectivity index (χ4n) is 3.20. The number of ether oxygens (including phenoxy) is 1. The lowest BCUT2D eigenvalue weighted by atomic mass is 9.94. The lowest BCUT2D eigenvalue weighted by Gasteiger charge is -2.36. The van der Waals surface area contributed by atoms with Crippen LogP contribution in [-0.2, 0) is 16.1 Å². The summed E-state index contributed by atoms with van der Waals surface area (Å²) in [5.41, 5.74) is -0.0106. The van der Waals surface area contributed by atoms with Crippen LogP contribution < -0.4 is 0 Å². The third kappa shape index (κ3) is 5.94. The van der Waals surface area contributed by atoms with Gasteiger partial charge in [-0.3, -0.25) is 4.79 Å². The van der Waals surface area contributed by atoms with Gasteiger partial charge in [-0.1, -0.05) is 18.2 Å². The molecule has 1 heterocycles. The number of hydrogen-bond donors (Lipinski definition) is 0. The predicted octanol–water partition coefficient (Wildman–Crippen LogP) is 4.21. The van der Waals surface area contributed by atoms with Gasteiger partial charge in [0.05, 0.1) is 0 Å². The molecule has 1 aliphatic heterocycles. The van der Waals surface area contributed by atoms with E-state index in [0.717, 1.165) is 0 Å². The zero-order chi connectivity index (χ0) is 20.2. The zero-order valence-corrected chi connectivity index (χ0v) is 17.0. The smallest absolute Gasteiger partial charge is 0.410 e. The molecule has 150 valence electrons. The van der Waals surface area contributed by atoms with E-state index < -0.39 is 5.60 Å². The molecule has 5 nitrogen and oxygen atoms in total. The Balaban J connectivity index is 1.98. The van der Waals surface area contributed by atoms with Crippen molar-refractivity contribution in [2.45, 2.75) is 65.6 Å². The van der Waals surface area contributed by atoms with E-state index in [0.29, 0.717) is 31.5 Å². The Bertz CT molecular complexity index is 662. The molecule has 1 aromatic rings. The van der Waals surface area contributed by atoms with E-state index in [-0.39, 0.29) is 36.3 Å². The van der Waals surface area contributed by atoms with Crippen LogP contribution in [0.15, 0.2) is 24.3 Å². The Morgan fingerprint density at radius 2 is 1.81 bits per heavy atom. The van der Waals surface area contributed by atoms with E-state index in [4.69, 9.17) is 4.74 Å². The summed E-state index contributed by atoms with van der Waals surface area (Å²) in [5, 5.41) is 0. The number of piperidine rings is 1. The van der Waals surface area contributed by atoms with Crippen molar-refractivity contribution in [3.8, 4) is 0 Å². The Hall–Kier alpha value is -2.11. The quantitative estimate of drug-likeness (QED) is 0.789. The summed E-state index contributed by atoms with van der Waals surface area (Å²) in [6, 6.07) is 6.52. The van der Waals surface area contributed by atoms with E-state index in [1.807, 2.05) is 34.6 Å². The SMILES string of the molecule is CC(C)N(Cc1ccccc1F)C(=O)C1CCN(C(=O)OC(C)(C)C)CC1. The molecule has 1 fully saturated rings. The highest BCUT2D eigenvalue weighted by Gasteiger charge is 2.33. The first-order valence-electron chi connectivity index (χ1n) is 9.60. The minimum atomic E-state index is -0.530. The number of hydrogen-bond acceptors (Lipinski definition) is 3. The molecule has 1 aliphatic rings. The average molecular weight is 378 g/mol. The fraction of sp³-hybridized carbons (Fsp3) is 0.619. The second kappa shape index (κ2) is 8.72. The van der Waals surface area contributed by atoms with Gasteiger partial charge >= 0.3 is 6.09 Å². The molecule has 0 spiro atoms. The van der Waals surface area contributed by atoms with E-state index >= 15 is 0 Å². The molecule has 0 unspecified atom stereocenters. The summed E-state index contributed by atoms with van der Waals surface area (Å²) >= 11 is 0. The second-order valence-electron chi connectivity index (χ2n) is 8.39. The van der Waals surface area contributed by atoms with Crippen LogP contribution in [0.1, 0.15) is 53.0 Å². The zero-order valence-electron chi connectivity index (χ0n) is 17.0. The second-order valence-corrected chi connectivity index (χ2v) is 8.39. The molecule has 2 rings (SSSR count). The minimum Gasteiger partial charge on any atom is -0.444 e. The maximum atomic E-state index is 14.0. The van der Waals surface area contributed by atoms with Crippen molar-refractivity contribution in [1.29, 1.82) is 0 Å². The Kier molecular flexibility index (Phi) is 6.84. The van der Waals surface area contributed by atoms with Crippen molar-refractivity contribution in [3.05, 3.63) is 35.6 Å². The largest absolute Gasteiger partial charge is 0.444 e. The van der Waals surface area contributed by atoms with Crippen LogP contribution in [0.3, 0.4) is 0 Å². The maximum absolute atomic E-state index is 14.0. The number of nitrogens with zero attached hydrogens (tertiary/aromatic N) is 2. The van der Waals surface area contributed by atoms with Gasteiger partial charge in [-0.15, -0.1) is 0 Å². The molecule has 0 aliphatic carbocycles. The Labute approximate surface area is 161 Å². The van der Waals surface area contributed by atoms with Crippen molar-refractivity contribution in [2.24, 2.45) is 5.92 Å². The highest BCUT2D eigenvalue weighted by Crippen LogP contribution is 2.24. The van der Waals surface area contributed by atoms with E-state index in [9.17, 15) is 14.0 Å². The summed E-state index contributed by atoms with van der Waals surface area (Å²) in [7, 11) is 0. The first kappa shape index (κ1) is 21.2. The monoisotopic (exact) mass is 378 g/mol. The normalized spacial score (nSPS) is 15.7. The Morgan fingerprint density at radius 3 is 2.33 bits per heavy atom. The number of benzene rings is 1. The van der Waals surface area contributed by atoms with Crippen molar-refractivity contribution in [2.75, 3.05) is 13.1 Å². The lowest BCUT2D eigenvalue weighted by molar-refractivity contribution is -0.139. The van der Waals surface area contributed by atoms with Gasteiger partial charge < -0.3 is 14.5 Å². The summed E-state index contributed by atoms with van der Waals surface area (Å²) < 4.78 is 19.4. The molecule has 27 heavy (non-hydrogen) atoms. The first-order chi connectivity index (χ1) is 12.6.